The molecule has 0 N–H and O–H groups in total. The Labute approximate surface area is 138 Å². The Morgan fingerprint density at radius 1 is 1.17 bits per heavy atom. The molecule has 1 saturated heterocycles. The number of pyridine rings is 2. The highest BCUT2D eigenvalue weighted by molar-refractivity contribution is 6.30. The molecule has 0 aromatic carbocycles. The van der Waals surface area contributed by atoms with E-state index in [2.05, 4.69) is 14.9 Å². The number of ether oxygens (including phenoxy) is 1. The van der Waals surface area contributed by atoms with Gasteiger partial charge in [-0.15, -0.1) is 0 Å². The second-order valence-corrected chi connectivity index (χ2v) is 5.83. The van der Waals surface area contributed by atoms with Gasteiger partial charge in [-0.1, -0.05) is 17.7 Å². The lowest BCUT2D eigenvalue weighted by molar-refractivity contribution is 0.123. The Balaban J connectivity index is 1.91. The summed E-state index contributed by atoms with van der Waals surface area (Å²) in [6, 6.07) is 7.66. The average Bonchev–Trinajstić information content (AvgIpc) is 2.93. The minimum Gasteiger partial charge on any atom is -0.378 e. The van der Waals surface area contributed by atoms with Crippen molar-refractivity contribution in [2.24, 2.45) is 7.05 Å². The van der Waals surface area contributed by atoms with Gasteiger partial charge in [0.1, 0.15) is 16.4 Å². The average molecular weight is 330 g/mol. The molecular weight excluding hydrogens is 314 g/mol. The first-order chi connectivity index (χ1) is 11.2. The van der Waals surface area contributed by atoms with E-state index < -0.39 is 0 Å². The molecule has 0 unspecified atom stereocenters. The molecule has 1 aliphatic heterocycles. The number of imidazole rings is 1. The van der Waals surface area contributed by atoms with E-state index in [1.54, 1.807) is 6.20 Å². The smallest absolute Gasteiger partial charge is 0.163 e. The SMILES string of the molecule is Cn1c(-c2ccccn2)nc2c(N3CCOCC3)cc(Cl)nc21. The van der Waals surface area contributed by atoms with E-state index in [1.165, 1.54) is 0 Å². The van der Waals surface area contributed by atoms with Crippen molar-refractivity contribution in [3.8, 4) is 11.5 Å². The highest BCUT2D eigenvalue weighted by Crippen LogP contribution is 2.31. The van der Waals surface area contributed by atoms with Crippen LogP contribution in [0.1, 0.15) is 0 Å². The van der Waals surface area contributed by atoms with Gasteiger partial charge in [-0.25, -0.2) is 9.97 Å². The number of hydrogen-bond acceptors (Lipinski definition) is 5. The second kappa shape index (κ2) is 5.79. The van der Waals surface area contributed by atoms with Gasteiger partial charge in [0.15, 0.2) is 11.5 Å². The van der Waals surface area contributed by atoms with Crippen molar-refractivity contribution in [1.29, 1.82) is 0 Å². The largest absolute Gasteiger partial charge is 0.378 e. The molecule has 7 heteroatoms. The van der Waals surface area contributed by atoms with E-state index in [1.807, 2.05) is 35.9 Å². The Morgan fingerprint density at radius 2 is 2.00 bits per heavy atom. The number of halogens is 1. The van der Waals surface area contributed by atoms with Crippen molar-refractivity contribution in [2.75, 3.05) is 31.2 Å². The Bertz CT molecular complexity index is 843. The number of aromatic nitrogens is 4. The molecule has 4 rings (SSSR count). The standard InChI is InChI=1S/C16H16ClN5O/c1-21-15(11-4-2-3-5-18-11)20-14-12(10-13(17)19-16(14)21)22-6-8-23-9-7-22/h2-5,10H,6-9H2,1H3. The van der Waals surface area contributed by atoms with Crippen molar-refractivity contribution in [3.05, 3.63) is 35.6 Å². The first-order valence-electron chi connectivity index (χ1n) is 7.51. The number of fused-ring (bicyclic) bond motifs is 1. The predicted molar refractivity (Wildman–Crippen MR) is 89.8 cm³/mol. The molecule has 0 amide bonds. The van der Waals surface area contributed by atoms with Crippen LogP contribution < -0.4 is 4.90 Å². The summed E-state index contributed by atoms with van der Waals surface area (Å²) >= 11 is 6.24. The molecule has 0 radical (unpaired) electrons. The fourth-order valence-electron chi connectivity index (χ4n) is 2.87. The van der Waals surface area contributed by atoms with Gasteiger partial charge in [0.25, 0.3) is 0 Å². The zero-order chi connectivity index (χ0) is 15.8. The molecule has 23 heavy (non-hydrogen) atoms. The monoisotopic (exact) mass is 329 g/mol. The van der Waals surface area contributed by atoms with E-state index in [0.717, 1.165) is 41.5 Å². The first kappa shape index (κ1) is 14.4. The van der Waals surface area contributed by atoms with Crippen LogP contribution in [0.2, 0.25) is 5.15 Å². The van der Waals surface area contributed by atoms with Crippen LogP contribution in [0.25, 0.3) is 22.7 Å². The lowest BCUT2D eigenvalue weighted by atomic mass is 10.3. The predicted octanol–water partition coefficient (Wildman–Crippen LogP) is 2.52. The molecule has 0 spiro atoms. The first-order valence-corrected chi connectivity index (χ1v) is 7.89. The number of morpholine rings is 1. The summed E-state index contributed by atoms with van der Waals surface area (Å²) in [6.45, 7) is 3.07. The maximum atomic E-state index is 6.24. The van der Waals surface area contributed by atoms with E-state index in [4.69, 9.17) is 21.3 Å². The fraction of sp³-hybridized carbons (Fsp3) is 0.312. The maximum Gasteiger partial charge on any atom is 0.163 e. The van der Waals surface area contributed by atoms with Crippen LogP contribution in [-0.4, -0.2) is 45.8 Å². The van der Waals surface area contributed by atoms with Gasteiger partial charge in [-0.05, 0) is 12.1 Å². The molecule has 1 aliphatic rings. The molecule has 0 saturated carbocycles. The van der Waals surface area contributed by atoms with Crippen molar-refractivity contribution < 1.29 is 4.74 Å². The minimum absolute atomic E-state index is 0.467. The molecular formula is C16H16ClN5O. The van der Waals surface area contributed by atoms with Crippen molar-refractivity contribution >= 4 is 28.5 Å². The maximum absolute atomic E-state index is 6.24. The van der Waals surface area contributed by atoms with Crippen LogP contribution in [0.5, 0.6) is 0 Å². The Morgan fingerprint density at radius 3 is 2.74 bits per heavy atom. The lowest BCUT2D eigenvalue weighted by Gasteiger charge is -2.28. The van der Waals surface area contributed by atoms with Crippen LogP contribution in [-0.2, 0) is 11.8 Å². The third kappa shape index (κ3) is 2.54. The molecule has 0 aliphatic carbocycles. The topological polar surface area (TPSA) is 56.1 Å². The van der Waals surface area contributed by atoms with Crippen LogP contribution in [0, 0.1) is 0 Å². The third-order valence-electron chi connectivity index (χ3n) is 4.02. The van der Waals surface area contributed by atoms with E-state index in [0.29, 0.717) is 18.4 Å². The van der Waals surface area contributed by atoms with Crippen LogP contribution in [0.3, 0.4) is 0 Å². The molecule has 6 nitrogen and oxygen atoms in total. The summed E-state index contributed by atoms with van der Waals surface area (Å²) in [7, 11) is 1.94. The third-order valence-corrected chi connectivity index (χ3v) is 4.22. The second-order valence-electron chi connectivity index (χ2n) is 5.45. The van der Waals surface area contributed by atoms with Gasteiger partial charge < -0.3 is 14.2 Å². The molecule has 1 fully saturated rings. The van der Waals surface area contributed by atoms with Gasteiger partial charge in [0.05, 0.1) is 18.9 Å². The number of rotatable bonds is 2. The van der Waals surface area contributed by atoms with Crippen LogP contribution in [0.15, 0.2) is 30.5 Å². The summed E-state index contributed by atoms with van der Waals surface area (Å²) in [5.74, 6) is 0.782. The number of anilines is 1. The lowest BCUT2D eigenvalue weighted by Crippen LogP contribution is -2.36. The normalized spacial score (nSPS) is 15.3. The highest BCUT2D eigenvalue weighted by Gasteiger charge is 2.20. The Kier molecular flexibility index (Phi) is 3.63. The van der Waals surface area contributed by atoms with Gasteiger partial charge in [0, 0.05) is 32.4 Å². The summed E-state index contributed by atoms with van der Waals surface area (Å²) in [5, 5.41) is 0.467. The van der Waals surface area contributed by atoms with Gasteiger partial charge in [-0.3, -0.25) is 4.98 Å². The summed E-state index contributed by atoms with van der Waals surface area (Å²) in [5.41, 5.74) is 3.43. The van der Waals surface area contributed by atoms with E-state index >= 15 is 0 Å². The molecule has 4 heterocycles. The zero-order valence-corrected chi connectivity index (χ0v) is 13.5. The van der Waals surface area contributed by atoms with Crippen LogP contribution >= 0.6 is 11.6 Å². The number of hydrogen-bond donors (Lipinski definition) is 0. The van der Waals surface area contributed by atoms with E-state index in [-0.39, 0.29) is 0 Å². The summed E-state index contributed by atoms with van der Waals surface area (Å²) < 4.78 is 7.37. The Hall–Kier alpha value is -2.18. The molecule has 0 bridgehead atoms. The minimum atomic E-state index is 0.467. The summed E-state index contributed by atoms with van der Waals surface area (Å²) in [6.07, 6.45) is 1.76. The zero-order valence-electron chi connectivity index (χ0n) is 12.7. The quantitative estimate of drug-likeness (QED) is 0.676. The van der Waals surface area contributed by atoms with Gasteiger partial charge in [0.2, 0.25) is 0 Å². The van der Waals surface area contributed by atoms with Crippen molar-refractivity contribution in [3.63, 3.8) is 0 Å². The van der Waals surface area contributed by atoms with Crippen molar-refractivity contribution in [1.82, 2.24) is 19.5 Å². The van der Waals surface area contributed by atoms with Crippen molar-refractivity contribution in [2.45, 2.75) is 0 Å². The van der Waals surface area contributed by atoms with Crippen LogP contribution in [0.4, 0.5) is 5.69 Å². The molecule has 118 valence electrons. The number of aryl methyl sites for hydroxylation is 1. The summed E-state index contributed by atoms with van der Waals surface area (Å²) in [4.78, 5) is 15.9. The molecule has 0 atom stereocenters. The highest BCUT2D eigenvalue weighted by atomic mass is 35.5. The number of nitrogens with zero attached hydrogens (tertiary/aromatic N) is 5. The molecule has 3 aromatic rings. The van der Waals surface area contributed by atoms with Gasteiger partial charge in [-0.2, -0.15) is 0 Å². The fourth-order valence-corrected chi connectivity index (χ4v) is 3.06. The van der Waals surface area contributed by atoms with E-state index in [9.17, 15) is 0 Å². The molecule has 3 aromatic heterocycles. The van der Waals surface area contributed by atoms with Gasteiger partial charge >= 0.3 is 0 Å².